The monoisotopic (exact) mass is 341 g/mol. The van der Waals surface area contributed by atoms with Crippen LogP contribution >= 0.6 is 11.6 Å². The topological polar surface area (TPSA) is 46.9 Å². The van der Waals surface area contributed by atoms with Gasteiger partial charge in [0.1, 0.15) is 5.82 Å². The molecule has 0 spiro atoms. The van der Waals surface area contributed by atoms with Crippen molar-refractivity contribution in [3.8, 4) is 5.69 Å². The lowest BCUT2D eigenvalue weighted by Crippen LogP contribution is -2.24. The molecule has 0 radical (unpaired) electrons. The van der Waals surface area contributed by atoms with Gasteiger partial charge in [-0.15, -0.1) is 0 Å². The molecular weight excluding hydrogens is 322 g/mol. The van der Waals surface area contributed by atoms with Crippen LogP contribution in [0.5, 0.6) is 0 Å². The highest BCUT2D eigenvalue weighted by Crippen LogP contribution is 2.21. The van der Waals surface area contributed by atoms with E-state index in [-0.39, 0.29) is 5.56 Å². The molecule has 24 heavy (non-hydrogen) atoms. The molecule has 0 aliphatic rings. The summed E-state index contributed by atoms with van der Waals surface area (Å²) in [4.78, 5) is 17.8. The van der Waals surface area contributed by atoms with Crippen LogP contribution in [0.3, 0.4) is 0 Å². The van der Waals surface area contributed by atoms with Crippen LogP contribution in [0, 0.1) is 0 Å². The summed E-state index contributed by atoms with van der Waals surface area (Å²) in [7, 11) is 1.94. The van der Waals surface area contributed by atoms with Gasteiger partial charge in [0.15, 0.2) is 0 Å². The first-order chi connectivity index (χ1) is 11.7. The Morgan fingerprint density at radius 2 is 1.88 bits per heavy atom. The molecule has 0 aliphatic carbocycles. The highest BCUT2D eigenvalue weighted by atomic mass is 35.5. The standard InChI is InChI=1S/C19H20ClN3O/c1-21-13-6-5-12-17-22-16-11-7-10-15(20)18(16)19(24)23(17)14-8-3-2-4-9-14/h2-4,7-11,21H,5-6,12-13H2,1H3. The number of unbranched alkanes of at least 4 members (excludes halogenated alkanes) is 1. The number of aryl methyl sites for hydroxylation is 1. The van der Waals surface area contributed by atoms with Crippen molar-refractivity contribution in [1.29, 1.82) is 0 Å². The molecule has 1 heterocycles. The van der Waals surface area contributed by atoms with Gasteiger partial charge in [0.25, 0.3) is 5.56 Å². The third kappa shape index (κ3) is 3.35. The van der Waals surface area contributed by atoms with E-state index >= 15 is 0 Å². The van der Waals surface area contributed by atoms with Crippen LogP contribution in [-0.4, -0.2) is 23.1 Å². The van der Waals surface area contributed by atoms with Gasteiger partial charge in [-0.2, -0.15) is 0 Å². The van der Waals surface area contributed by atoms with E-state index in [1.807, 2.05) is 49.5 Å². The maximum Gasteiger partial charge on any atom is 0.267 e. The summed E-state index contributed by atoms with van der Waals surface area (Å²) in [6.45, 7) is 0.953. The van der Waals surface area contributed by atoms with Crippen LogP contribution in [0.4, 0.5) is 0 Å². The number of para-hydroxylation sites is 1. The van der Waals surface area contributed by atoms with Crippen molar-refractivity contribution < 1.29 is 0 Å². The summed E-state index contributed by atoms with van der Waals surface area (Å²) in [5.41, 5.74) is 1.36. The average Bonchev–Trinajstić information content (AvgIpc) is 2.59. The molecular formula is C19H20ClN3O. The first-order valence-electron chi connectivity index (χ1n) is 8.12. The van der Waals surface area contributed by atoms with E-state index in [1.165, 1.54) is 0 Å². The predicted molar refractivity (Wildman–Crippen MR) is 99.2 cm³/mol. The van der Waals surface area contributed by atoms with Gasteiger partial charge >= 0.3 is 0 Å². The van der Waals surface area contributed by atoms with Crippen molar-refractivity contribution in [2.75, 3.05) is 13.6 Å². The third-order valence-electron chi connectivity index (χ3n) is 4.01. The number of nitrogens with zero attached hydrogens (tertiary/aromatic N) is 2. The number of hydrogen-bond donors (Lipinski definition) is 1. The van der Waals surface area contributed by atoms with Crippen molar-refractivity contribution in [2.45, 2.75) is 19.3 Å². The maximum atomic E-state index is 13.1. The molecule has 1 aromatic heterocycles. The van der Waals surface area contributed by atoms with Crippen LogP contribution in [0.1, 0.15) is 18.7 Å². The number of rotatable bonds is 6. The molecule has 0 aliphatic heterocycles. The molecule has 5 heteroatoms. The van der Waals surface area contributed by atoms with E-state index in [0.717, 1.165) is 37.3 Å². The maximum absolute atomic E-state index is 13.1. The van der Waals surface area contributed by atoms with Crippen molar-refractivity contribution in [1.82, 2.24) is 14.9 Å². The van der Waals surface area contributed by atoms with E-state index < -0.39 is 0 Å². The van der Waals surface area contributed by atoms with E-state index in [0.29, 0.717) is 15.9 Å². The number of hydrogen-bond acceptors (Lipinski definition) is 3. The molecule has 0 atom stereocenters. The Morgan fingerprint density at radius 1 is 1.08 bits per heavy atom. The van der Waals surface area contributed by atoms with Crippen LogP contribution in [0.15, 0.2) is 53.3 Å². The minimum Gasteiger partial charge on any atom is -0.320 e. The molecule has 0 unspecified atom stereocenters. The molecule has 3 aromatic rings. The normalized spacial score (nSPS) is 11.1. The molecule has 124 valence electrons. The molecule has 3 rings (SSSR count). The SMILES string of the molecule is CNCCCCc1nc2cccc(Cl)c2c(=O)n1-c1ccccc1. The Bertz CT molecular complexity index is 890. The Kier molecular flexibility index (Phi) is 5.28. The number of benzene rings is 2. The largest absolute Gasteiger partial charge is 0.320 e. The first kappa shape index (κ1) is 16.7. The van der Waals surface area contributed by atoms with Gasteiger partial charge in [-0.25, -0.2) is 4.98 Å². The lowest BCUT2D eigenvalue weighted by Gasteiger charge is -2.14. The minimum absolute atomic E-state index is 0.111. The van der Waals surface area contributed by atoms with Gasteiger partial charge in [-0.1, -0.05) is 35.9 Å². The fourth-order valence-electron chi connectivity index (χ4n) is 2.83. The van der Waals surface area contributed by atoms with Gasteiger partial charge in [-0.3, -0.25) is 9.36 Å². The zero-order valence-electron chi connectivity index (χ0n) is 13.6. The summed E-state index contributed by atoms with van der Waals surface area (Å²) in [6, 6.07) is 15.0. The van der Waals surface area contributed by atoms with Crippen LogP contribution in [0.2, 0.25) is 5.02 Å². The van der Waals surface area contributed by atoms with Crippen molar-refractivity contribution in [3.63, 3.8) is 0 Å². The fourth-order valence-corrected chi connectivity index (χ4v) is 3.08. The van der Waals surface area contributed by atoms with Gasteiger partial charge in [0.2, 0.25) is 0 Å². The number of fused-ring (bicyclic) bond motifs is 1. The lowest BCUT2D eigenvalue weighted by atomic mass is 10.2. The lowest BCUT2D eigenvalue weighted by molar-refractivity contribution is 0.651. The Morgan fingerprint density at radius 3 is 2.62 bits per heavy atom. The summed E-state index contributed by atoms with van der Waals surface area (Å²) in [5.74, 6) is 0.775. The molecule has 0 saturated carbocycles. The highest BCUT2D eigenvalue weighted by Gasteiger charge is 2.14. The highest BCUT2D eigenvalue weighted by molar-refractivity contribution is 6.35. The number of nitrogens with one attached hydrogen (secondary N) is 1. The Labute approximate surface area is 146 Å². The van der Waals surface area contributed by atoms with Crippen molar-refractivity contribution in [3.05, 3.63) is 69.7 Å². The van der Waals surface area contributed by atoms with Crippen molar-refractivity contribution >= 4 is 22.5 Å². The zero-order valence-corrected chi connectivity index (χ0v) is 14.4. The summed E-state index contributed by atoms with van der Waals surface area (Å²) in [5, 5.41) is 4.06. The predicted octanol–water partition coefficient (Wildman–Crippen LogP) is 3.58. The van der Waals surface area contributed by atoms with Gasteiger partial charge in [0, 0.05) is 6.42 Å². The number of aromatic nitrogens is 2. The van der Waals surface area contributed by atoms with Crippen LogP contribution < -0.4 is 10.9 Å². The van der Waals surface area contributed by atoms with Gasteiger partial charge < -0.3 is 5.32 Å². The van der Waals surface area contributed by atoms with Gasteiger partial charge in [0.05, 0.1) is 21.6 Å². The van der Waals surface area contributed by atoms with E-state index in [1.54, 1.807) is 10.6 Å². The third-order valence-corrected chi connectivity index (χ3v) is 4.32. The van der Waals surface area contributed by atoms with E-state index in [9.17, 15) is 4.79 Å². The number of halogens is 1. The second-order valence-corrected chi connectivity index (χ2v) is 6.11. The minimum atomic E-state index is -0.111. The Hall–Kier alpha value is -2.17. The second kappa shape index (κ2) is 7.60. The molecule has 2 aromatic carbocycles. The quantitative estimate of drug-likeness (QED) is 0.697. The van der Waals surface area contributed by atoms with Crippen molar-refractivity contribution in [2.24, 2.45) is 0 Å². The summed E-state index contributed by atoms with van der Waals surface area (Å²) < 4.78 is 1.69. The smallest absolute Gasteiger partial charge is 0.267 e. The molecule has 0 fully saturated rings. The van der Waals surface area contributed by atoms with Gasteiger partial charge in [-0.05, 0) is 50.7 Å². The fraction of sp³-hybridized carbons (Fsp3) is 0.263. The molecule has 0 bridgehead atoms. The van der Waals surface area contributed by atoms with E-state index in [2.05, 4.69) is 5.32 Å². The summed E-state index contributed by atoms with van der Waals surface area (Å²) in [6.07, 6.45) is 2.75. The molecule has 1 N–H and O–H groups in total. The molecule has 0 saturated heterocycles. The zero-order chi connectivity index (χ0) is 16.9. The average molecular weight is 342 g/mol. The first-order valence-corrected chi connectivity index (χ1v) is 8.50. The second-order valence-electron chi connectivity index (χ2n) is 5.70. The molecule has 0 amide bonds. The van der Waals surface area contributed by atoms with Crippen LogP contribution in [0.25, 0.3) is 16.6 Å². The van der Waals surface area contributed by atoms with E-state index in [4.69, 9.17) is 16.6 Å². The summed E-state index contributed by atoms with van der Waals surface area (Å²) >= 11 is 6.26. The van der Waals surface area contributed by atoms with Crippen LogP contribution in [-0.2, 0) is 6.42 Å². The Balaban J connectivity index is 2.15. The molecule has 4 nitrogen and oxygen atoms in total.